The molecule has 0 bridgehead atoms. The first-order chi connectivity index (χ1) is 14.2. The van der Waals surface area contributed by atoms with Crippen LogP contribution >= 0.6 is 0 Å². The van der Waals surface area contributed by atoms with E-state index < -0.39 is 0 Å². The molecule has 3 aromatic rings. The Bertz CT molecular complexity index is 978. The van der Waals surface area contributed by atoms with Crippen LogP contribution in [0.5, 0.6) is 0 Å². The molecule has 1 fully saturated rings. The van der Waals surface area contributed by atoms with Gasteiger partial charge in [0.15, 0.2) is 0 Å². The van der Waals surface area contributed by atoms with Crippen molar-refractivity contribution in [2.24, 2.45) is 0 Å². The van der Waals surface area contributed by atoms with Gasteiger partial charge in [-0.25, -0.2) is 0 Å². The number of carbonyl (C=O) groups is 1. The quantitative estimate of drug-likeness (QED) is 0.625. The molecule has 1 amide bonds. The third-order valence-electron chi connectivity index (χ3n) is 5.72. The summed E-state index contributed by atoms with van der Waals surface area (Å²) in [6.07, 6.45) is 2.60. The number of benzene rings is 3. The lowest BCUT2D eigenvalue weighted by atomic mass is 10.1. The maximum atomic E-state index is 12.7. The molecule has 29 heavy (non-hydrogen) atoms. The Labute approximate surface area is 172 Å². The highest BCUT2D eigenvalue weighted by molar-refractivity contribution is 5.97. The molecule has 1 atom stereocenters. The van der Waals surface area contributed by atoms with Crippen LogP contribution in [0.3, 0.4) is 0 Å². The molecular formula is C25H29N3O. The first-order valence-electron chi connectivity index (χ1n) is 10.5. The number of rotatable bonds is 7. The predicted octanol–water partition coefficient (Wildman–Crippen LogP) is 4.55. The summed E-state index contributed by atoms with van der Waals surface area (Å²) in [6, 6.07) is 22.4. The van der Waals surface area contributed by atoms with Crippen LogP contribution in [-0.4, -0.2) is 29.9 Å². The van der Waals surface area contributed by atoms with Gasteiger partial charge in [0.05, 0.1) is 6.04 Å². The lowest BCUT2D eigenvalue weighted by Crippen LogP contribution is -2.37. The summed E-state index contributed by atoms with van der Waals surface area (Å²) in [6.45, 7) is 5.98. The van der Waals surface area contributed by atoms with E-state index >= 15 is 0 Å². The van der Waals surface area contributed by atoms with Crippen LogP contribution in [-0.2, 0) is 17.9 Å². The van der Waals surface area contributed by atoms with Crippen LogP contribution in [0.2, 0.25) is 0 Å². The van der Waals surface area contributed by atoms with Crippen LogP contribution in [0.25, 0.3) is 10.8 Å². The highest BCUT2D eigenvalue weighted by Crippen LogP contribution is 2.19. The number of anilines is 1. The number of fused-ring (bicyclic) bond motifs is 1. The van der Waals surface area contributed by atoms with Crippen molar-refractivity contribution < 1.29 is 4.79 Å². The van der Waals surface area contributed by atoms with E-state index in [1.807, 2.05) is 37.3 Å². The summed E-state index contributed by atoms with van der Waals surface area (Å²) < 4.78 is 0. The molecule has 2 N–H and O–H groups in total. The second kappa shape index (κ2) is 9.21. The Kier molecular flexibility index (Phi) is 6.23. The molecule has 1 heterocycles. The van der Waals surface area contributed by atoms with E-state index in [9.17, 15) is 4.79 Å². The van der Waals surface area contributed by atoms with Gasteiger partial charge in [-0.1, -0.05) is 54.6 Å². The molecule has 4 nitrogen and oxygen atoms in total. The molecule has 0 aliphatic carbocycles. The second-order valence-corrected chi connectivity index (χ2v) is 7.91. The van der Waals surface area contributed by atoms with E-state index in [2.05, 4.69) is 51.9 Å². The third-order valence-corrected chi connectivity index (χ3v) is 5.72. The molecule has 3 aromatic carbocycles. The average molecular weight is 388 g/mol. The van der Waals surface area contributed by atoms with Crippen LogP contribution in [0.4, 0.5) is 5.69 Å². The molecule has 1 aliphatic rings. The van der Waals surface area contributed by atoms with Crippen molar-refractivity contribution in [2.45, 2.75) is 38.9 Å². The number of nitrogens with zero attached hydrogens (tertiary/aromatic N) is 1. The summed E-state index contributed by atoms with van der Waals surface area (Å²) in [7, 11) is 0. The van der Waals surface area contributed by atoms with Gasteiger partial charge >= 0.3 is 0 Å². The van der Waals surface area contributed by atoms with Gasteiger partial charge in [-0.15, -0.1) is 0 Å². The molecule has 0 spiro atoms. The van der Waals surface area contributed by atoms with Crippen molar-refractivity contribution >= 4 is 22.4 Å². The fraction of sp³-hybridized carbons (Fsp3) is 0.320. The number of hydrogen-bond acceptors (Lipinski definition) is 3. The van der Waals surface area contributed by atoms with Gasteiger partial charge in [0.2, 0.25) is 5.91 Å². The molecule has 0 aromatic heterocycles. The molecule has 0 saturated carbocycles. The average Bonchev–Trinajstić information content (AvgIpc) is 3.26. The lowest BCUT2D eigenvalue weighted by molar-refractivity contribution is -0.117. The first kappa shape index (κ1) is 19.6. The van der Waals surface area contributed by atoms with Gasteiger partial charge < -0.3 is 10.6 Å². The smallest absolute Gasteiger partial charge is 0.241 e. The van der Waals surface area contributed by atoms with Crippen LogP contribution in [0.1, 0.15) is 30.9 Å². The van der Waals surface area contributed by atoms with Crippen LogP contribution in [0, 0.1) is 0 Å². The van der Waals surface area contributed by atoms with Crippen molar-refractivity contribution in [1.82, 2.24) is 10.2 Å². The van der Waals surface area contributed by atoms with E-state index in [1.54, 1.807) is 0 Å². The fourth-order valence-corrected chi connectivity index (χ4v) is 3.94. The Hall–Kier alpha value is -2.69. The highest BCUT2D eigenvalue weighted by Gasteiger charge is 2.16. The Morgan fingerprint density at radius 2 is 1.62 bits per heavy atom. The minimum Gasteiger partial charge on any atom is -0.325 e. The zero-order chi connectivity index (χ0) is 20.1. The first-order valence-corrected chi connectivity index (χ1v) is 10.5. The van der Waals surface area contributed by atoms with Crippen molar-refractivity contribution in [1.29, 1.82) is 0 Å². The molecule has 1 aliphatic heterocycles. The van der Waals surface area contributed by atoms with E-state index in [-0.39, 0.29) is 11.9 Å². The molecule has 4 rings (SSSR count). The van der Waals surface area contributed by atoms with Crippen molar-refractivity contribution in [2.75, 3.05) is 18.4 Å². The lowest BCUT2D eigenvalue weighted by Gasteiger charge is -2.19. The molecule has 4 heteroatoms. The van der Waals surface area contributed by atoms with E-state index in [4.69, 9.17) is 0 Å². The molecule has 150 valence electrons. The summed E-state index contributed by atoms with van der Waals surface area (Å²) in [5, 5.41) is 8.72. The Balaban J connectivity index is 1.35. The molecule has 1 saturated heterocycles. The summed E-state index contributed by atoms with van der Waals surface area (Å²) >= 11 is 0. The predicted molar refractivity (Wildman–Crippen MR) is 120 cm³/mol. The van der Waals surface area contributed by atoms with Crippen molar-refractivity contribution in [3.05, 3.63) is 77.9 Å². The monoisotopic (exact) mass is 387 g/mol. The minimum atomic E-state index is -0.277. The number of hydrogen-bond donors (Lipinski definition) is 2. The maximum Gasteiger partial charge on any atom is 0.241 e. The molecule has 0 radical (unpaired) electrons. The maximum absolute atomic E-state index is 12.7. The number of likely N-dealkylation sites (tertiary alicyclic amines) is 1. The van der Waals surface area contributed by atoms with Crippen molar-refractivity contribution in [3.63, 3.8) is 0 Å². The second-order valence-electron chi connectivity index (χ2n) is 7.91. The number of amides is 1. The summed E-state index contributed by atoms with van der Waals surface area (Å²) in [5.41, 5.74) is 3.45. The SMILES string of the molecule is C[C@@H](NCc1ccccc1CN1CCCC1)C(=O)Nc1ccc2ccccc2c1. The third kappa shape index (κ3) is 5.03. The summed E-state index contributed by atoms with van der Waals surface area (Å²) in [5.74, 6) is -0.0164. The minimum absolute atomic E-state index is 0.0164. The van der Waals surface area contributed by atoms with Gasteiger partial charge in [0, 0.05) is 18.8 Å². The largest absolute Gasteiger partial charge is 0.325 e. The van der Waals surface area contributed by atoms with Gasteiger partial charge in [-0.3, -0.25) is 9.69 Å². The van der Waals surface area contributed by atoms with Gasteiger partial charge in [-0.05, 0) is 66.9 Å². The van der Waals surface area contributed by atoms with Crippen molar-refractivity contribution in [3.8, 4) is 0 Å². The van der Waals surface area contributed by atoms with E-state index in [0.717, 1.165) is 17.6 Å². The van der Waals surface area contributed by atoms with Gasteiger partial charge in [0.1, 0.15) is 0 Å². The Morgan fingerprint density at radius 1 is 0.931 bits per heavy atom. The number of nitrogens with one attached hydrogen (secondary N) is 2. The van der Waals surface area contributed by atoms with Crippen LogP contribution in [0.15, 0.2) is 66.7 Å². The molecule has 0 unspecified atom stereocenters. The zero-order valence-corrected chi connectivity index (χ0v) is 17.0. The van der Waals surface area contributed by atoms with Gasteiger partial charge in [-0.2, -0.15) is 0 Å². The normalized spacial score (nSPS) is 15.5. The fourth-order valence-electron chi connectivity index (χ4n) is 3.94. The van der Waals surface area contributed by atoms with Crippen LogP contribution < -0.4 is 10.6 Å². The standard InChI is InChI=1S/C25H29N3O/c1-19(25(29)27-24-13-12-20-8-2-3-9-21(20)16-24)26-17-22-10-4-5-11-23(22)18-28-14-6-7-15-28/h2-5,8-13,16,19,26H,6-7,14-15,17-18H2,1H3,(H,27,29)/t19-/m1/s1. The van der Waals surface area contributed by atoms with E-state index in [0.29, 0.717) is 6.54 Å². The summed E-state index contributed by atoms with van der Waals surface area (Å²) in [4.78, 5) is 15.2. The Morgan fingerprint density at radius 3 is 2.41 bits per heavy atom. The number of carbonyl (C=O) groups excluding carboxylic acids is 1. The van der Waals surface area contributed by atoms with Gasteiger partial charge in [0.25, 0.3) is 0 Å². The molecular weight excluding hydrogens is 358 g/mol. The topological polar surface area (TPSA) is 44.4 Å². The highest BCUT2D eigenvalue weighted by atomic mass is 16.2. The van der Waals surface area contributed by atoms with E-state index in [1.165, 1.54) is 42.4 Å². The zero-order valence-electron chi connectivity index (χ0n) is 17.0.